The third kappa shape index (κ3) is 0.808. The van der Waals surface area contributed by atoms with Gasteiger partial charge in [-0.2, -0.15) is 0 Å². The van der Waals surface area contributed by atoms with Crippen molar-refractivity contribution in [2.45, 2.75) is 6.92 Å². The number of aromatic nitrogens is 1. The Balaban J connectivity index is 2.95. The molecule has 0 spiro atoms. The van der Waals surface area contributed by atoms with Crippen LogP contribution >= 0.6 is 0 Å². The molecule has 50 valence electrons. The summed E-state index contributed by atoms with van der Waals surface area (Å²) in [5.74, 6) is 0. The SMILES string of the molecule is Cc1cccc2c[se]nc12. The standard InChI is InChI=1S/C8H7NSe/c1-6-3-2-4-7-5-10-9-8(6)7/h2-5H,1H3. The molecule has 1 aromatic heterocycles. The Labute approximate surface area is 65.7 Å². The average molecular weight is 196 g/mol. The Kier molecular flexibility index (Phi) is 1.37. The van der Waals surface area contributed by atoms with Crippen molar-refractivity contribution in [3.05, 3.63) is 28.7 Å². The third-order valence-electron chi connectivity index (χ3n) is 1.59. The van der Waals surface area contributed by atoms with Gasteiger partial charge in [-0.25, -0.2) is 0 Å². The maximum absolute atomic E-state index is 4.41. The number of fused-ring (bicyclic) bond motifs is 1. The Morgan fingerprint density at radius 1 is 1.40 bits per heavy atom. The molecule has 1 nitrogen and oxygen atoms in total. The predicted molar refractivity (Wildman–Crippen MR) is 43.4 cm³/mol. The van der Waals surface area contributed by atoms with Crippen LogP contribution in [0.1, 0.15) is 5.56 Å². The first kappa shape index (κ1) is 6.14. The molecule has 0 N–H and O–H groups in total. The molecule has 2 heteroatoms. The van der Waals surface area contributed by atoms with Gasteiger partial charge in [-0.15, -0.1) is 0 Å². The van der Waals surface area contributed by atoms with Crippen LogP contribution in [0.25, 0.3) is 10.9 Å². The summed E-state index contributed by atoms with van der Waals surface area (Å²) < 4.78 is 4.41. The van der Waals surface area contributed by atoms with E-state index in [2.05, 4.69) is 34.0 Å². The average Bonchev–Trinajstić information content (AvgIpc) is 2.36. The van der Waals surface area contributed by atoms with Gasteiger partial charge in [-0.3, -0.25) is 0 Å². The maximum atomic E-state index is 4.41. The van der Waals surface area contributed by atoms with E-state index in [9.17, 15) is 0 Å². The molecule has 1 aromatic carbocycles. The number of hydrogen-bond acceptors (Lipinski definition) is 1. The quantitative estimate of drug-likeness (QED) is 0.583. The molecule has 2 rings (SSSR count). The molecule has 0 saturated carbocycles. The molecule has 0 unspecified atom stereocenters. The van der Waals surface area contributed by atoms with E-state index in [-0.39, 0.29) is 0 Å². The van der Waals surface area contributed by atoms with Crippen LogP contribution in [0.4, 0.5) is 0 Å². The summed E-state index contributed by atoms with van der Waals surface area (Å²) in [4.78, 5) is 2.22. The summed E-state index contributed by atoms with van der Waals surface area (Å²) in [7, 11) is 0. The van der Waals surface area contributed by atoms with Gasteiger partial charge >= 0.3 is 65.2 Å². The molecule has 2 aromatic rings. The fourth-order valence-electron chi connectivity index (χ4n) is 1.04. The monoisotopic (exact) mass is 197 g/mol. The second-order valence-corrected chi connectivity index (χ2v) is 3.65. The molecule has 0 aliphatic heterocycles. The van der Waals surface area contributed by atoms with Crippen molar-refractivity contribution in [1.82, 2.24) is 3.98 Å². The van der Waals surface area contributed by atoms with Crippen molar-refractivity contribution in [2.75, 3.05) is 0 Å². The van der Waals surface area contributed by atoms with Gasteiger partial charge in [0.1, 0.15) is 0 Å². The van der Waals surface area contributed by atoms with Crippen LogP contribution in [0.5, 0.6) is 0 Å². The molecular formula is C8H7NSe. The molecule has 0 aliphatic rings. The molecule has 0 amide bonds. The fraction of sp³-hybridized carbons (Fsp3) is 0.125. The summed E-state index contributed by atoms with van der Waals surface area (Å²) in [6.45, 7) is 2.11. The molecule has 0 radical (unpaired) electrons. The normalized spacial score (nSPS) is 10.5. The number of aryl methyl sites for hydroxylation is 1. The van der Waals surface area contributed by atoms with Crippen molar-refractivity contribution in [3.63, 3.8) is 0 Å². The Bertz CT molecular complexity index is 351. The topological polar surface area (TPSA) is 12.9 Å². The molecule has 0 aliphatic carbocycles. The van der Waals surface area contributed by atoms with E-state index in [1.165, 1.54) is 16.5 Å². The van der Waals surface area contributed by atoms with Crippen LogP contribution in [-0.4, -0.2) is 18.7 Å². The first-order valence-electron chi connectivity index (χ1n) is 3.17. The summed E-state index contributed by atoms with van der Waals surface area (Å²) in [6.07, 6.45) is 0. The van der Waals surface area contributed by atoms with Crippen molar-refractivity contribution in [3.8, 4) is 0 Å². The molecule has 10 heavy (non-hydrogen) atoms. The van der Waals surface area contributed by atoms with Gasteiger partial charge in [0.25, 0.3) is 0 Å². The molecule has 0 saturated heterocycles. The molecule has 1 heterocycles. The van der Waals surface area contributed by atoms with Crippen LogP contribution in [0.3, 0.4) is 0 Å². The number of rotatable bonds is 0. The molecule has 0 bridgehead atoms. The number of hydrogen-bond donors (Lipinski definition) is 0. The summed E-state index contributed by atoms with van der Waals surface area (Å²) in [6, 6.07) is 6.32. The summed E-state index contributed by atoms with van der Waals surface area (Å²) in [5.41, 5.74) is 2.51. The van der Waals surface area contributed by atoms with E-state index in [0.717, 1.165) is 0 Å². The second kappa shape index (κ2) is 2.22. The van der Waals surface area contributed by atoms with Gasteiger partial charge in [-0.1, -0.05) is 0 Å². The van der Waals surface area contributed by atoms with Crippen molar-refractivity contribution >= 4 is 25.6 Å². The third-order valence-corrected chi connectivity index (χ3v) is 2.95. The van der Waals surface area contributed by atoms with Gasteiger partial charge in [0.15, 0.2) is 0 Å². The van der Waals surface area contributed by atoms with Gasteiger partial charge in [0.05, 0.1) is 0 Å². The van der Waals surface area contributed by atoms with Crippen LogP contribution in [-0.2, 0) is 0 Å². The Morgan fingerprint density at radius 2 is 2.30 bits per heavy atom. The summed E-state index contributed by atoms with van der Waals surface area (Å²) in [5, 5.41) is 1.32. The minimum absolute atomic E-state index is 0.369. The van der Waals surface area contributed by atoms with Crippen molar-refractivity contribution < 1.29 is 0 Å². The predicted octanol–water partition coefficient (Wildman–Crippen LogP) is 1.60. The number of nitrogens with zero attached hydrogens (tertiary/aromatic N) is 1. The molecule has 0 fully saturated rings. The van der Waals surface area contributed by atoms with Gasteiger partial charge in [0.2, 0.25) is 0 Å². The van der Waals surface area contributed by atoms with Crippen LogP contribution < -0.4 is 0 Å². The van der Waals surface area contributed by atoms with Crippen molar-refractivity contribution in [1.29, 1.82) is 0 Å². The van der Waals surface area contributed by atoms with Gasteiger partial charge in [-0.05, 0) is 0 Å². The van der Waals surface area contributed by atoms with E-state index in [4.69, 9.17) is 0 Å². The Morgan fingerprint density at radius 3 is 3.10 bits per heavy atom. The molecule has 0 atom stereocenters. The van der Waals surface area contributed by atoms with E-state index >= 15 is 0 Å². The van der Waals surface area contributed by atoms with E-state index in [1.807, 2.05) is 0 Å². The van der Waals surface area contributed by atoms with Crippen LogP contribution in [0, 0.1) is 6.92 Å². The zero-order valence-electron chi connectivity index (χ0n) is 5.66. The van der Waals surface area contributed by atoms with E-state index in [0.29, 0.717) is 14.7 Å². The summed E-state index contributed by atoms with van der Waals surface area (Å²) >= 11 is 0.369. The fourth-order valence-corrected chi connectivity index (χ4v) is 2.53. The van der Waals surface area contributed by atoms with E-state index < -0.39 is 0 Å². The minimum atomic E-state index is 0.369. The van der Waals surface area contributed by atoms with Gasteiger partial charge in [0, 0.05) is 0 Å². The van der Waals surface area contributed by atoms with Crippen LogP contribution in [0.2, 0.25) is 0 Å². The Hall–Kier alpha value is -0.591. The first-order valence-corrected chi connectivity index (χ1v) is 4.93. The van der Waals surface area contributed by atoms with Gasteiger partial charge < -0.3 is 0 Å². The second-order valence-electron chi connectivity index (χ2n) is 2.33. The number of benzene rings is 1. The van der Waals surface area contributed by atoms with E-state index in [1.54, 1.807) is 0 Å². The first-order chi connectivity index (χ1) is 4.88. The van der Waals surface area contributed by atoms with Crippen LogP contribution in [0.15, 0.2) is 23.1 Å². The zero-order chi connectivity index (χ0) is 6.97. The molecular weight excluding hydrogens is 189 g/mol. The van der Waals surface area contributed by atoms with Crippen molar-refractivity contribution in [2.24, 2.45) is 0 Å². The zero-order valence-corrected chi connectivity index (χ0v) is 7.38.